The predicted octanol–water partition coefficient (Wildman–Crippen LogP) is -0.402. The van der Waals surface area contributed by atoms with Crippen molar-refractivity contribution in [1.29, 1.82) is 0 Å². The monoisotopic (exact) mass is 254 g/mol. The Kier molecular flexibility index (Phi) is 5.47. The van der Waals surface area contributed by atoms with Crippen LogP contribution in [-0.4, -0.2) is 66.6 Å². The molecular weight excluding hydrogens is 236 g/mol. The summed E-state index contributed by atoms with van der Waals surface area (Å²) in [6.07, 6.45) is -0.611. The zero-order chi connectivity index (χ0) is 13.5. The molecule has 0 fully saturated rings. The van der Waals surface area contributed by atoms with Crippen LogP contribution in [0.1, 0.15) is 10.5 Å². The molecule has 1 amide bonds. The van der Waals surface area contributed by atoms with Crippen molar-refractivity contribution < 1.29 is 14.6 Å². The summed E-state index contributed by atoms with van der Waals surface area (Å²) >= 11 is 0. The standard InChI is InChI=1S/C11H18N4O3/c1-15(2)11(17)9-4-5-10(14-13-9)12-6-8(16)7-18-3/h4-5,8,16H,6-7H2,1-3H3,(H,12,14). The van der Waals surface area contributed by atoms with Gasteiger partial charge < -0.3 is 20.1 Å². The number of carbonyl (C=O) groups excluding carboxylic acids is 1. The van der Waals surface area contributed by atoms with Crippen LogP contribution in [0.5, 0.6) is 0 Å². The Morgan fingerprint density at radius 3 is 2.72 bits per heavy atom. The van der Waals surface area contributed by atoms with Crippen molar-refractivity contribution in [3.63, 3.8) is 0 Å². The predicted molar refractivity (Wildman–Crippen MR) is 66.4 cm³/mol. The first kappa shape index (κ1) is 14.3. The van der Waals surface area contributed by atoms with E-state index in [0.717, 1.165) is 0 Å². The molecule has 1 aromatic heterocycles. The van der Waals surface area contributed by atoms with Crippen LogP contribution in [0.3, 0.4) is 0 Å². The zero-order valence-electron chi connectivity index (χ0n) is 10.8. The molecule has 2 N–H and O–H groups in total. The number of aliphatic hydroxyl groups is 1. The molecule has 0 spiro atoms. The fraction of sp³-hybridized carbons (Fsp3) is 0.545. The number of hydrogen-bond donors (Lipinski definition) is 2. The van der Waals surface area contributed by atoms with Crippen LogP contribution < -0.4 is 5.32 Å². The van der Waals surface area contributed by atoms with E-state index in [9.17, 15) is 9.90 Å². The summed E-state index contributed by atoms with van der Waals surface area (Å²) in [5.74, 6) is 0.300. The Labute approximate surface area is 106 Å². The number of rotatable bonds is 6. The number of aliphatic hydroxyl groups excluding tert-OH is 1. The van der Waals surface area contributed by atoms with Gasteiger partial charge in [-0.05, 0) is 12.1 Å². The fourth-order valence-corrected chi connectivity index (χ4v) is 1.24. The summed E-state index contributed by atoms with van der Waals surface area (Å²) in [4.78, 5) is 13.0. The van der Waals surface area contributed by atoms with Crippen molar-refractivity contribution in [1.82, 2.24) is 15.1 Å². The minimum atomic E-state index is -0.611. The second-order valence-corrected chi connectivity index (χ2v) is 3.99. The van der Waals surface area contributed by atoms with E-state index in [1.165, 1.54) is 12.0 Å². The van der Waals surface area contributed by atoms with Gasteiger partial charge >= 0.3 is 0 Å². The highest BCUT2D eigenvalue weighted by molar-refractivity contribution is 5.91. The van der Waals surface area contributed by atoms with E-state index in [4.69, 9.17) is 4.74 Å². The second-order valence-electron chi connectivity index (χ2n) is 3.99. The molecule has 0 aliphatic heterocycles. The van der Waals surface area contributed by atoms with Gasteiger partial charge in [-0.15, -0.1) is 10.2 Å². The van der Waals surface area contributed by atoms with Crippen LogP contribution in [0.15, 0.2) is 12.1 Å². The van der Waals surface area contributed by atoms with Gasteiger partial charge in [0.05, 0.1) is 12.7 Å². The Hall–Kier alpha value is -1.73. The number of nitrogens with one attached hydrogen (secondary N) is 1. The summed E-state index contributed by atoms with van der Waals surface area (Å²) < 4.78 is 4.79. The Bertz CT molecular complexity index is 380. The molecule has 1 rings (SSSR count). The molecule has 1 heterocycles. The summed E-state index contributed by atoms with van der Waals surface area (Å²) in [7, 11) is 4.82. The van der Waals surface area contributed by atoms with Gasteiger partial charge in [0, 0.05) is 27.7 Å². The Morgan fingerprint density at radius 2 is 2.22 bits per heavy atom. The topological polar surface area (TPSA) is 87.6 Å². The van der Waals surface area contributed by atoms with Crippen molar-refractivity contribution >= 4 is 11.7 Å². The molecule has 1 atom stereocenters. The molecule has 0 bridgehead atoms. The summed E-state index contributed by atoms with van der Waals surface area (Å²) in [6.45, 7) is 0.557. The van der Waals surface area contributed by atoms with Crippen LogP contribution in [0.25, 0.3) is 0 Å². The van der Waals surface area contributed by atoms with Gasteiger partial charge in [-0.3, -0.25) is 4.79 Å². The maximum Gasteiger partial charge on any atom is 0.273 e. The van der Waals surface area contributed by atoms with E-state index in [1.54, 1.807) is 26.2 Å². The minimum Gasteiger partial charge on any atom is -0.389 e. The molecule has 100 valence electrons. The maximum atomic E-state index is 11.6. The van der Waals surface area contributed by atoms with E-state index >= 15 is 0 Å². The third-order valence-corrected chi connectivity index (χ3v) is 2.17. The molecule has 7 heteroatoms. The molecule has 0 saturated carbocycles. The third-order valence-electron chi connectivity index (χ3n) is 2.17. The first-order chi connectivity index (χ1) is 8.54. The summed E-state index contributed by atoms with van der Waals surface area (Å²) in [5.41, 5.74) is 0.281. The molecule has 7 nitrogen and oxygen atoms in total. The molecule has 0 radical (unpaired) electrons. The Balaban J connectivity index is 2.53. The minimum absolute atomic E-state index is 0.200. The van der Waals surface area contributed by atoms with Gasteiger partial charge in [0.25, 0.3) is 5.91 Å². The van der Waals surface area contributed by atoms with E-state index in [0.29, 0.717) is 12.4 Å². The SMILES string of the molecule is COCC(O)CNc1ccc(C(=O)N(C)C)nn1. The molecule has 18 heavy (non-hydrogen) atoms. The summed E-state index contributed by atoms with van der Waals surface area (Å²) in [6, 6.07) is 3.23. The molecule has 0 aliphatic rings. The highest BCUT2D eigenvalue weighted by Crippen LogP contribution is 2.03. The first-order valence-corrected chi connectivity index (χ1v) is 5.51. The lowest BCUT2D eigenvalue weighted by atomic mass is 10.3. The highest BCUT2D eigenvalue weighted by atomic mass is 16.5. The van der Waals surface area contributed by atoms with Gasteiger partial charge in [0.2, 0.25) is 0 Å². The van der Waals surface area contributed by atoms with Crippen molar-refractivity contribution in [3.8, 4) is 0 Å². The number of carbonyl (C=O) groups is 1. The maximum absolute atomic E-state index is 11.6. The quantitative estimate of drug-likeness (QED) is 0.718. The number of anilines is 1. The fourth-order valence-electron chi connectivity index (χ4n) is 1.24. The number of amides is 1. The first-order valence-electron chi connectivity index (χ1n) is 5.51. The zero-order valence-corrected chi connectivity index (χ0v) is 10.8. The van der Waals surface area contributed by atoms with Gasteiger partial charge in [-0.1, -0.05) is 0 Å². The normalized spacial score (nSPS) is 12.0. The number of nitrogens with zero attached hydrogens (tertiary/aromatic N) is 3. The van der Waals surface area contributed by atoms with Crippen LogP contribution in [0, 0.1) is 0 Å². The second kappa shape index (κ2) is 6.87. The smallest absolute Gasteiger partial charge is 0.273 e. The Morgan fingerprint density at radius 1 is 1.50 bits per heavy atom. The van der Waals surface area contributed by atoms with Crippen LogP contribution in [0.2, 0.25) is 0 Å². The lowest BCUT2D eigenvalue weighted by Crippen LogP contribution is -2.25. The largest absolute Gasteiger partial charge is 0.389 e. The molecule has 0 aromatic carbocycles. The van der Waals surface area contributed by atoms with E-state index in [2.05, 4.69) is 15.5 Å². The van der Waals surface area contributed by atoms with Crippen molar-refractivity contribution in [3.05, 3.63) is 17.8 Å². The average molecular weight is 254 g/mol. The highest BCUT2D eigenvalue weighted by Gasteiger charge is 2.10. The number of ether oxygens (including phenoxy) is 1. The van der Waals surface area contributed by atoms with Crippen molar-refractivity contribution in [2.75, 3.05) is 39.7 Å². The van der Waals surface area contributed by atoms with Gasteiger partial charge in [0.15, 0.2) is 5.69 Å². The average Bonchev–Trinajstić information content (AvgIpc) is 2.36. The van der Waals surface area contributed by atoms with Crippen molar-refractivity contribution in [2.45, 2.75) is 6.10 Å². The third kappa shape index (κ3) is 4.27. The van der Waals surface area contributed by atoms with Gasteiger partial charge in [0.1, 0.15) is 5.82 Å². The number of methoxy groups -OCH3 is 1. The molecular formula is C11H18N4O3. The van der Waals surface area contributed by atoms with E-state index in [1.807, 2.05) is 0 Å². The summed E-state index contributed by atoms with van der Waals surface area (Å²) in [5, 5.41) is 20.0. The van der Waals surface area contributed by atoms with Gasteiger partial charge in [-0.25, -0.2) is 0 Å². The van der Waals surface area contributed by atoms with E-state index < -0.39 is 6.10 Å². The van der Waals surface area contributed by atoms with Gasteiger partial charge in [-0.2, -0.15) is 0 Å². The van der Waals surface area contributed by atoms with Crippen LogP contribution in [-0.2, 0) is 4.74 Å². The molecule has 1 aromatic rings. The molecule has 1 unspecified atom stereocenters. The number of hydrogen-bond acceptors (Lipinski definition) is 6. The lowest BCUT2D eigenvalue weighted by molar-refractivity contribution is 0.0727. The molecule has 0 saturated heterocycles. The lowest BCUT2D eigenvalue weighted by Gasteiger charge is -2.11. The van der Waals surface area contributed by atoms with E-state index in [-0.39, 0.29) is 18.2 Å². The van der Waals surface area contributed by atoms with Crippen LogP contribution in [0.4, 0.5) is 5.82 Å². The number of aromatic nitrogens is 2. The van der Waals surface area contributed by atoms with Crippen LogP contribution >= 0.6 is 0 Å². The molecule has 0 aliphatic carbocycles. The van der Waals surface area contributed by atoms with Crippen molar-refractivity contribution in [2.24, 2.45) is 0 Å².